The van der Waals surface area contributed by atoms with E-state index in [1.807, 2.05) is 0 Å². The van der Waals surface area contributed by atoms with Crippen LogP contribution in [0.2, 0.25) is 0 Å². The summed E-state index contributed by atoms with van der Waals surface area (Å²) in [6.07, 6.45) is 5.40. The molecule has 0 aliphatic carbocycles. The number of carbonyl (C=O) groups excluding carboxylic acids is 1. The highest BCUT2D eigenvalue weighted by Crippen LogP contribution is 2.40. The van der Waals surface area contributed by atoms with Gasteiger partial charge in [0.15, 0.2) is 0 Å². The van der Waals surface area contributed by atoms with Gasteiger partial charge in [0.25, 0.3) is 0 Å². The van der Waals surface area contributed by atoms with Crippen molar-refractivity contribution in [3.05, 3.63) is 11.9 Å². The minimum atomic E-state index is -3.82. The summed E-state index contributed by atoms with van der Waals surface area (Å²) < 4.78 is 30.6. The van der Waals surface area contributed by atoms with Crippen LogP contribution in [0.25, 0.3) is 0 Å². The fourth-order valence-corrected chi connectivity index (χ4v) is 4.68. The lowest BCUT2D eigenvalue weighted by molar-refractivity contribution is -0.134. The number of primary sulfonamides is 1. The van der Waals surface area contributed by atoms with E-state index in [2.05, 4.69) is 5.10 Å². The summed E-state index contributed by atoms with van der Waals surface area (Å²) in [7, 11) is -3.82. The van der Waals surface area contributed by atoms with Crippen molar-refractivity contribution in [2.75, 3.05) is 6.54 Å². The Bertz CT molecular complexity index is 744. The molecule has 1 amide bonds. The van der Waals surface area contributed by atoms with Crippen LogP contribution in [0.5, 0.6) is 0 Å². The van der Waals surface area contributed by atoms with Gasteiger partial charge in [0.2, 0.25) is 15.9 Å². The molecule has 4 rings (SSSR count). The zero-order valence-electron chi connectivity index (χ0n) is 12.7. The predicted molar refractivity (Wildman–Crippen MR) is 79.6 cm³/mol. The van der Waals surface area contributed by atoms with Gasteiger partial charge in [0, 0.05) is 13.0 Å². The summed E-state index contributed by atoms with van der Waals surface area (Å²) >= 11 is 0. The first-order chi connectivity index (χ1) is 10.9. The summed E-state index contributed by atoms with van der Waals surface area (Å²) in [6, 6.07) is 0. The number of hydrogen-bond donors (Lipinski definition) is 1. The van der Waals surface area contributed by atoms with Gasteiger partial charge in [-0.1, -0.05) is 0 Å². The van der Waals surface area contributed by atoms with Crippen LogP contribution in [-0.4, -0.2) is 47.8 Å². The summed E-state index contributed by atoms with van der Waals surface area (Å²) in [6.45, 7) is 1.27. The second-order valence-corrected chi connectivity index (χ2v) is 8.14. The Morgan fingerprint density at radius 1 is 1.39 bits per heavy atom. The molecule has 3 aliphatic heterocycles. The number of carbonyl (C=O) groups is 1. The van der Waals surface area contributed by atoms with Gasteiger partial charge in [-0.25, -0.2) is 13.6 Å². The molecular formula is C14H20N4O4S. The molecule has 2 N–H and O–H groups in total. The van der Waals surface area contributed by atoms with Crippen molar-refractivity contribution in [1.29, 1.82) is 0 Å². The molecule has 9 heteroatoms. The molecule has 2 saturated heterocycles. The van der Waals surface area contributed by atoms with Crippen LogP contribution in [0.15, 0.2) is 11.1 Å². The van der Waals surface area contributed by atoms with Gasteiger partial charge in [-0.15, -0.1) is 0 Å². The molecular weight excluding hydrogens is 320 g/mol. The molecule has 0 saturated carbocycles. The minimum absolute atomic E-state index is 0.0123. The number of aromatic nitrogens is 2. The van der Waals surface area contributed by atoms with Crippen molar-refractivity contribution in [2.45, 2.75) is 55.9 Å². The van der Waals surface area contributed by atoms with Crippen LogP contribution < -0.4 is 5.14 Å². The summed E-state index contributed by atoms with van der Waals surface area (Å²) in [5.41, 5.74) is 0.497. The van der Waals surface area contributed by atoms with Crippen LogP contribution in [0.1, 0.15) is 31.4 Å². The van der Waals surface area contributed by atoms with E-state index in [1.165, 1.54) is 6.20 Å². The van der Waals surface area contributed by atoms with Crippen LogP contribution in [-0.2, 0) is 32.6 Å². The molecule has 2 fully saturated rings. The molecule has 8 nitrogen and oxygen atoms in total. The SMILES string of the molecule is NS(=O)(=O)c1cnn2c1CN(C(=O)CC1CC3CCC1O3)CC2. The summed E-state index contributed by atoms with van der Waals surface area (Å²) in [5.74, 6) is 0.352. The molecule has 126 valence electrons. The molecule has 3 aliphatic rings. The highest BCUT2D eigenvalue weighted by Gasteiger charge is 2.42. The number of hydrogen-bond acceptors (Lipinski definition) is 5. The van der Waals surface area contributed by atoms with Crippen molar-refractivity contribution in [2.24, 2.45) is 11.1 Å². The topological polar surface area (TPSA) is 108 Å². The molecule has 1 aromatic heterocycles. The van der Waals surface area contributed by atoms with Crippen molar-refractivity contribution in [3.63, 3.8) is 0 Å². The zero-order valence-corrected chi connectivity index (χ0v) is 13.5. The lowest BCUT2D eigenvalue weighted by Crippen LogP contribution is -2.40. The van der Waals surface area contributed by atoms with E-state index in [1.54, 1.807) is 9.58 Å². The Labute approximate surface area is 134 Å². The van der Waals surface area contributed by atoms with Crippen molar-refractivity contribution < 1.29 is 17.9 Å². The number of amides is 1. The Balaban J connectivity index is 1.47. The van der Waals surface area contributed by atoms with Gasteiger partial charge >= 0.3 is 0 Å². The quantitative estimate of drug-likeness (QED) is 0.822. The highest BCUT2D eigenvalue weighted by molar-refractivity contribution is 7.89. The third-order valence-corrected chi connectivity index (χ3v) is 6.11. The number of nitrogens with zero attached hydrogens (tertiary/aromatic N) is 3. The average Bonchev–Trinajstić information content (AvgIpc) is 3.20. The molecule has 2 bridgehead atoms. The number of sulfonamides is 1. The first-order valence-corrected chi connectivity index (χ1v) is 9.47. The van der Waals surface area contributed by atoms with Gasteiger partial charge in [-0.05, 0) is 25.2 Å². The maximum atomic E-state index is 12.6. The number of fused-ring (bicyclic) bond motifs is 3. The Kier molecular flexibility index (Phi) is 3.47. The largest absolute Gasteiger partial charge is 0.375 e. The molecule has 4 heterocycles. The molecule has 0 spiro atoms. The van der Waals surface area contributed by atoms with E-state index in [9.17, 15) is 13.2 Å². The van der Waals surface area contributed by atoms with Crippen molar-refractivity contribution >= 4 is 15.9 Å². The minimum Gasteiger partial charge on any atom is -0.375 e. The Morgan fingerprint density at radius 3 is 2.87 bits per heavy atom. The molecule has 0 radical (unpaired) electrons. The average molecular weight is 340 g/mol. The number of ether oxygens (including phenoxy) is 1. The van der Waals surface area contributed by atoms with Gasteiger partial charge in [-0.2, -0.15) is 5.10 Å². The van der Waals surface area contributed by atoms with E-state index in [-0.39, 0.29) is 23.5 Å². The zero-order chi connectivity index (χ0) is 16.2. The molecule has 0 aromatic carbocycles. The fraction of sp³-hybridized carbons (Fsp3) is 0.714. The smallest absolute Gasteiger partial charge is 0.241 e. The second-order valence-electron chi connectivity index (χ2n) is 6.61. The van der Waals surface area contributed by atoms with Crippen LogP contribution in [0.3, 0.4) is 0 Å². The summed E-state index contributed by atoms with van der Waals surface area (Å²) in [5, 5.41) is 9.27. The van der Waals surface area contributed by atoms with E-state index < -0.39 is 10.0 Å². The number of nitrogens with two attached hydrogens (primary N) is 1. The predicted octanol–water partition coefficient (Wildman–Crippen LogP) is -0.170. The standard InChI is InChI=1S/C14H20N4O4S/c15-23(20,21)13-7-16-18-4-3-17(8-11(13)18)14(19)6-9-5-10-1-2-12(9)22-10/h7,9-10,12H,1-6,8H2,(H2,15,20,21). The van der Waals surface area contributed by atoms with Gasteiger partial charge in [0.1, 0.15) is 4.90 Å². The van der Waals surface area contributed by atoms with Crippen LogP contribution in [0, 0.1) is 5.92 Å². The molecule has 23 heavy (non-hydrogen) atoms. The van der Waals surface area contributed by atoms with Crippen LogP contribution in [0.4, 0.5) is 0 Å². The lowest BCUT2D eigenvalue weighted by Gasteiger charge is -2.30. The maximum Gasteiger partial charge on any atom is 0.241 e. The van der Waals surface area contributed by atoms with Crippen molar-refractivity contribution in [1.82, 2.24) is 14.7 Å². The van der Waals surface area contributed by atoms with E-state index >= 15 is 0 Å². The monoisotopic (exact) mass is 340 g/mol. The van der Waals surface area contributed by atoms with Gasteiger partial charge in [0.05, 0.1) is 37.2 Å². The normalized spacial score (nSPS) is 29.8. The highest BCUT2D eigenvalue weighted by atomic mass is 32.2. The van der Waals surface area contributed by atoms with Crippen LogP contribution >= 0.6 is 0 Å². The van der Waals surface area contributed by atoms with Gasteiger partial charge in [-0.3, -0.25) is 9.48 Å². The Morgan fingerprint density at radius 2 is 2.22 bits per heavy atom. The fourth-order valence-electron chi connectivity index (χ4n) is 3.98. The number of rotatable bonds is 3. The molecule has 3 unspecified atom stereocenters. The van der Waals surface area contributed by atoms with E-state index in [4.69, 9.17) is 9.88 Å². The second kappa shape index (κ2) is 5.29. The van der Waals surface area contributed by atoms with Crippen molar-refractivity contribution in [3.8, 4) is 0 Å². The molecule has 1 aromatic rings. The maximum absolute atomic E-state index is 12.6. The lowest BCUT2D eigenvalue weighted by atomic mass is 9.86. The van der Waals surface area contributed by atoms with Gasteiger partial charge < -0.3 is 9.64 Å². The third kappa shape index (κ3) is 2.66. The van der Waals surface area contributed by atoms with E-state index in [0.29, 0.717) is 37.2 Å². The first-order valence-electron chi connectivity index (χ1n) is 7.92. The molecule has 3 atom stereocenters. The summed E-state index contributed by atoms with van der Waals surface area (Å²) in [4.78, 5) is 14.3. The Hall–Kier alpha value is -1.45. The van der Waals surface area contributed by atoms with E-state index in [0.717, 1.165) is 19.3 Å². The first kappa shape index (κ1) is 15.1. The third-order valence-electron chi connectivity index (χ3n) is 5.16.